The van der Waals surface area contributed by atoms with Gasteiger partial charge in [0.25, 0.3) is 5.91 Å². The van der Waals surface area contributed by atoms with E-state index in [0.29, 0.717) is 23.0 Å². The highest BCUT2D eigenvalue weighted by Crippen LogP contribution is 2.31. The molecule has 0 aromatic carbocycles. The zero-order valence-corrected chi connectivity index (χ0v) is 13.8. The van der Waals surface area contributed by atoms with E-state index in [-0.39, 0.29) is 11.5 Å². The average Bonchev–Trinajstić information content (AvgIpc) is 3.06. The van der Waals surface area contributed by atoms with Gasteiger partial charge in [0.15, 0.2) is 0 Å². The van der Waals surface area contributed by atoms with Crippen LogP contribution >= 0.6 is 22.9 Å². The van der Waals surface area contributed by atoms with E-state index in [1.54, 1.807) is 23.5 Å². The quantitative estimate of drug-likeness (QED) is 0.670. The van der Waals surface area contributed by atoms with Crippen molar-refractivity contribution in [2.75, 3.05) is 7.11 Å². The topological polar surface area (TPSA) is 67.8 Å². The lowest BCUT2D eigenvalue weighted by Gasteiger charge is -2.27. The number of allylic oxidation sites excluding steroid dienone is 4. The van der Waals surface area contributed by atoms with Gasteiger partial charge < -0.3 is 10.1 Å². The molecule has 1 unspecified atom stereocenters. The summed E-state index contributed by atoms with van der Waals surface area (Å²) in [5, 5.41) is 5.55. The molecule has 1 aromatic rings. The number of halogens is 1. The lowest BCUT2D eigenvalue weighted by molar-refractivity contribution is -0.137. The molecule has 0 fully saturated rings. The third-order valence-corrected chi connectivity index (χ3v) is 4.72. The number of nitrogens with one attached hydrogen (secondary N) is 1. The minimum atomic E-state index is -0.703. The number of esters is 1. The maximum Gasteiger partial charge on any atom is 0.345 e. The summed E-state index contributed by atoms with van der Waals surface area (Å²) in [5.41, 5.74) is 0.845. The summed E-state index contributed by atoms with van der Waals surface area (Å²) >= 11 is 7.73. The Labute approximate surface area is 142 Å². The predicted molar refractivity (Wildman–Crippen MR) is 89.2 cm³/mol. The normalized spacial score (nSPS) is 19.9. The number of carbonyl (C=O) groups is 2. The molecule has 0 radical (unpaired) electrons. The van der Waals surface area contributed by atoms with Gasteiger partial charge in [0.05, 0.1) is 23.8 Å². The number of nitrogens with zero attached hydrogens (tertiary/aromatic N) is 1. The van der Waals surface area contributed by atoms with Crippen LogP contribution in [0.4, 0.5) is 0 Å². The number of rotatable bonds is 4. The van der Waals surface area contributed by atoms with E-state index in [1.165, 1.54) is 7.11 Å². The second-order valence-electron chi connectivity index (χ2n) is 4.89. The van der Waals surface area contributed by atoms with Crippen molar-refractivity contribution in [2.45, 2.75) is 6.54 Å². The molecule has 0 spiro atoms. The van der Waals surface area contributed by atoms with Gasteiger partial charge in [0.1, 0.15) is 5.57 Å². The van der Waals surface area contributed by atoms with Crippen LogP contribution in [-0.4, -0.2) is 24.7 Å². The van der Waals surface area contributed by atoms with Gasteiger partial charge >= 0.3 is 5.97 Å². The number of thiophene rings is 1. The maximum atomic E-state index is 12.3. The molecule has 2 aliphatic rings. The van der Waals surface area contributed by atoms with Crippen LogP contribution in [0.1, 0.15) is 4.88 Å². The molecule has 0 saturated heterocycles. The maximum absolute atomic E-state index is 12.3. The van der Waals surface area contributed by atoms with E-state index in [0.717, 1.165) is 4.88 Å². The van der Waals surface area contributed by atoms with Crippen LogP contribution < -0.4 is 5.32 Å². The number of amides is 1. The Morgan fingerprint density at radius 1 is 1.52 bits per heavy atom. The van der Waals surface area contributed by atoms with Gasteiger partial charge in [-0.25, -0.2) is 9.79 Å². The summed E-state index contributed by atoms with van der Waals surface area (Å²) in [6.07, 6.45) is 5.30. The zero-order chi connectivity index (χ0) is 16.4. The minimum Gasteiger partial charge on any atom is -0.465 e. The molecule has 1 aromatic heterocycles. The van der Waals surface area contributed by atoms with Crippen LogP contribution in [0.15, 0.2) is 57.0 Å². The number of dihydropyridines is 1. The zero-order valence-electron chi connectivity index (χ0n) is 12.2. The van der Waals surface area contributed by atoms with E-state index in [9.17, 15) is 9.59 Å². The lowest BCUT2D eigenvalue weighted by atomic mass is 9.88. The highest BCUT2D eigenvalue weighted by atomic mass is 35.5. The van der Waals surface area contributed by atoms with Gasteiger partial charge in [0.2, 0.25) is 0 Å². The van der Waals surface area contributed by atoms with Gasteiger partial charge in [-0.2, -0.15) is 0 Å². The molecule has 0 saturated carbocycles. The first kappa shape index (κ1) is 15.7. The molecule has 2 heterocycles. The molecule has 1 amide bonds. The Morgan fingerprint density at radius 2 is 2.35 bits per heavy atom. The highest BCUT2D eigenvalue weighted by molar-refractivity contribution is 7.09. The molecule has 0 bridgehead atoms. The van der Waals surface area contributed by atoms with E-state index >= 15 is 0 Å². The van der Waals surface area contributed by atoms with Crippen LogP contribution in [0.3, 0.4) is 0 Å². The summed E-state index contributed by atoms with van der Waals surface area (Å²) in [5.74, 6) is -1.71. The smallest absolute Gasteiger partial charge is 0.345 e. The van der Waals surface area contributed by atoms with Crippen LogP contribution in [0, 0.1) is 5.92 Å². The average molecular weight is 349 g/mol. The molecule has 118 valence electrons. The van der Waals surface area contributed by atoms with Gasteiger partial charge in [-0.3, -0.25) is 4.79 Å². The first-order valence-electron chi connectivity index (χ1n) is 6.88. The molecule has 5 nitrogen and oxygen atoms in total. The van der Waals surface area contributed by atoms with E-state index in [1.807, 2.05) is 23.6 Å². The fraction of sp³-hybridized carbons (Fsp3) is 0.188. The first-order chi connectivity index (χ1) is 11.1. The molecule has 1 aliphatic heterocycles. The number of methoxy groups -OCH3 is 1. The number of aliphatic imine (C=N–C) groups is 1. The molecule has 7 heteroatoms. The fourth-order valence-electron chi connectivity index (χ4n) is 2.46. The van der Waals surface area contributed by atoms with Gasteiger partial charge in [-0.1, -0.05) is 29.8 Å². The lowest BCUT2D eigenvalue weighted by Crippen LogP contribution is -2.35. The predicted octanol–water partition coefficient (Wildman–Crippen LogP) is 2.55. The van der Waals surface area contributed by atoms with Crippen molar-refractivity contribution in [3.8, 4) is 0 Å². The number of fused-ring (bicyclic) bond motifs is 1. The monoisotopic (exact) mass is 348 g/mol. The van der Waals surface area contributed by atoms with Crippen molar-refractivity contribution in [3.05, 3.63) is 56.9 Å². The van der Waals surface area contributed by atoms with Gasteiger partial charge in [-0.05, 0) is 17.5 Å². The van der Waals surface area contributed by atoms with Crippen LogP contribution in [0.25, 0.3) is 0 Å². The van der Waals surface area contributed by atoms with E-state index < -0.39 is 11.9 Å². The molecular formula is C16H13ClN2O3S. The third-order valence-electron chi connectivity index (χ3n) is 3.52. The van der Waals surface area contributed by atoms with Crippen LogP contribution in [0.2, 0.25) is 0 Å². The van der Waals surface area contributed by atoms with Crippen LogP contribution in [0.5, 0.6) is 0 Å². The highest BCUT2D eigenvalue weighted by Gasteiger charge is 2.36. The second-order valence-corrected chi connectivity index (χ2v) is 6.33. The third kappa shape index (κ3) is 3.00. The number of hydrogen-bond donors (Lipinski definition) is 1. The number of hydrogen-bond acceptors (Lipinski definition) is 5. The molecule has 3 rings (SSSR count). The fourth-order valence-corrected chi connectivity index (χ4v) is 3.34. The summed E-state index contributed by atoms with van der Waals surface area (Å²) in [4.78, 5) is 29.3. The van der Waals surface area contributed by atoms with Crippen LogP contribution in [-0.2, 0) is 20.9 Å². The number of carbonyl (C=O) groups excluding carboxylic acids is 2. The minimum absolute atomic E-state index is 0.0752. The molecule has 1 aliphatic carbocycles. The molecular weight excluding hydrogens is 336 g/mol. The Balaban J connectivity index is 1.99. The second kappa shape index (κ2) is 6.52. The Bertz CT molecular complexity index is 775. The summed E-state index contributed by atoms with van der Waals surface area (Å²) in [6, 6.07) is 3.91. The van der Waals surface area contributed by atoms with Crippen molar-refractivity contribution >= 4 is 40.5 Å². The molecule has 23 heavy (non-hydrogen) atoms. The van der Waals surface area contributed by atoms with Crippen molar-refractivity contribution < 1.29 is 14.3 Å². The van der Waals surface area contributed by atoms with Gasteiger partial charge in [0, 0.05) is 17.1 Å². The largest absolute Gasteiger partial charge is 0.465 e. The number of ether oxygens (including phenoxy) is 1. The van der Waals surface area contributed by atoms with Crippen molar-refractivity contribution in [1.82, 2.24) is 5.32 Å². The first-order valence-corrected chi connectivity index (χ1v) is 8.13. The standard InChI is InChI=1S/C16H13ClN2O3S/c1-22-16(21)12-14(18-8-9-4-3-7-23-9)10-5-2-6-11(17)13(10)19-15(12)20/h2-7,10,18H,8H2,1H3. The molecule has 1 N–H and O–H groups in total. The van der Waals surface area contributed by atoms with Gasteiger partial charge in [-0.15, -0.1) is 11.3 Å². The summed E-state index contributed by atoms with van der Waals surface area (Å²) in [6.45, 7) is 0.500. The Hall–Kier alpha value is -2.18. The summed E-state index contributed by atoms with van der Waals surface area (Å²) in [7, 11) is 1.24. The van der Waals surface area contributed by atoms with Crippen molar-refractivity contribution in [3.63, 3.8) is 0 Å². The van der Waals surface area contributed by atoms with E-state index in [4.69, 9.17) is 16.3 Å². The van der Waals surface area contributed by atoms with Crippen molar-refractivity contribution in [2.24, 2.45) is 10.9 Å². The van der Waals surface area contributed by atoms with Crippen molar-refractivity contribution in [1.29, 1.82) is 0 Å². The summed E-state index contributed by atoms with van der Waals surface area (Å²) < 4.78 is 4.74. The van der Waals surface area contributed by atoms with E-state index in [2.05, 4.69) is 10.3 Å². The Kier molecular flexibility index (Phi) is 4.45. The Morgan fingerprint density at radius 3 is 3.04 bits per heavy atom. The SMILES string of the molecule is COC(=O)C1=C(NCc2cccs2)C2C=CC=C(Cl)C2=NC1=O. The molecule has 1 atom stereocenters.